The lowest BCUT2D eigenvalue weighted by atomic mass is 10.1. The third-order valence-corrected chi connectivity index (χ3v) is 4.43. The number of hydrogen-bond donors (Lipinski definition) is 1. The van der Waals surface area contributed by atoms with Gasteiger partial charge in [0.1, 0.15) is 0 Å². The molecule has 0 bridgehead atoms. The summed E-state index contributed by atoms with van der Waals surface area (Å²) < 4.78 is 6.04. The van der Waals surface area contributed by atoms with Gasteiger partial charge in [0.05, 0.1) is 11.1 Å². The van der Waals surface area contributed by atoms with E-state index in [1.165, 1.54) is 0 Å². The Morgan fingerprint density at radius 2 is 2.15 bits per heavy atom. The summed E-state index contributed by atoms with van der Waals surface area (Å²) >= 11 is 11.3. The highest BCUT2D eigenvalue weighted by molar-refractivity contribution is 9.10. The molecule has 3 nitrogen and oxygen atoms in total. The van der Waals surface area contributed by atoms with Gasteiger partial charge < -0.3 is 4.74 Å². The summed E-state index contributed by atoms with van der Waals surface area (Å²) in [5.41, 5.74) is 1.55. The second-order valence-electron chi connectivity index (χ2n) is 4.40. The van der Waals surface area contributed by atoms with Crippen molar-refractivity contribution in [3.05, 3.63) is 39.1 Å². The zero-order chi connectivity index (χ0) is 14.7. The number of carbonyl (C=O) groups is 1. The van der Waals surface area contributed by atoms with Gasteiger partial charge in [-0.1, -0.05) is 11.6 Å². The monoisotopic (exact) mass is 373 g/mol. The summed E-state index contributed by atoms with van der Waals surface area (Å²) in [5, 5.41) is 5.23. The number of nitrogens with one attached hydrogen (secondary N) is 1. The summed E-state index contributed by atoms with van der Waals surface area (Å²) in [7, 11) is 0. The van der Waals surface area contributed by atoms with Crippen LogP contribution in [0.4, 0.5) is 10.5 Å². The number of thiophene rings is 1. The van der Waals surface area contributed by atoms with E-state index in [0.29, 0.717) is 10.7 Å². The Morgan fingerprint density at radius 1 is 1.40 bits per heavy atom. The number of benzene rings is 1. The number of rotatable bonds is 3. The van der Waals surface area contributed by atoms with E-state index in [2.05, 4.69) is 21.2 Å². The standard InChI is InChI=1S/C14H13BrClNO2S/c1-8(2)19-14(18)17-10-3-4-11(12(16)6-10)13-5-9(15)7-20-13/h3-8H,1-2H3,(H,17,18). The van der Waals surface area contributed by atoms with Gasteiger partial charge in [-0.05, 0) is 54.0 Å². The van der Waals surface area contributed by atoms with Gasteiger partial charge in [-0.25, -0.2) is 4.79 Å². The zero-order valence-electron chi connectivity index (χ0n) is 10.9. The van der Waals surface area contributed by atoms with Crippen molar-refractivity contribution in [3.8, 4) is 10.4 Å². The van der Waals surface area contributed by atoms with Crippen molar-refractivity contribution in [1.29, 1.82) is 0 Å². The molecule has 0 radical (unpaired) electrons. The van der Waals surface area contributed by atoms with Crippen LogP contribution >= 0.6 is 38.9 Å². The second-order valence-corrected chi connectivity index (χ2v) is 6.64. The van der Waals surface area contributed by atoms with Crippen molar-refractivity contribution in [3.63, 3.8) is 0 Å². The highest BCUT2D eigenvalue weighted by atomic mass is 79.9. The molecule has 106 valence electrons. The normalized spacial score (nSPS) is 10.7. The lowest BCUT2D eigenvalue weighted by Gasteiger charge is -2.10. The maximum absolute atomic E-state index is 11.5. The second kappa shape index (κ2) is 6.61. The van der Waals surface area contributed by atoms with Crippen LogP contribution in [0, 0.1) is 0 Å². The molecule has 1 amide bonds. The van der Waals surface area contributed by atoms with Crippen LogP contribution in [0.15, 0.2) is 34.1 Å². The number of anilines is 1. The molecule has 0 saturated carbocycles. The molecule has 0 aliphatic carbocycles. The Labute approximate surface area is 135 Å². The number of ether oxygens (including phenoxy) is 1. The van der Waals surface area contributed by atoms with Gasteiger partial charge in [0.25, 0.3) is 0 Å². The molecule has 2 aromatic rings. The minimum absolute atomic E-state index is 0.159. The van der Waals surface area contributed by atoms with Crippen LogP contribution in [-0.4, -0.2) is 12.2 Å². The highest BCUT2D eigenvalue weighted by Gasteiger charge is 2.10. The largest absolute Gasteiger partial charge is 0.447 e. The maximum atomic E-state index is 11.5. The van der Waals surface area contributed by atoms with Crippen molar-refractivity contribution in [2.24, 2.45) is 0 Å². The molecule has 1 aromatic carbocycles. The van der Waals surface area contributed by atoms with Crippen molar-refractivity contribution in [2.45, 2.75) is 20.0 Å². The Bertz CT molecular complexity index is 627. The first-order chi connectivity index (χ1) is 9.45. The number of amides is 1. The molecule has 0 saturated heterocycles. The molecular weight excluding hydrogens is 362 g/mol. The van der Waals surface area contributed by atoms with Crippen LogP contribution in [0.3, 0.4) is 0 Å². The number of halogens is 2. The van der Waals surface area contributed by atoms with E-state index in [-0.39, 0.29) is 6.10 Å². The van der Waals surface area contributed by atoms with Crippen LogP contribution < -0.4 is 5.32 Å². The SMILES string of the molecule is CC(C)OC(=O)Nc1ccc(-c2cc(Br)cs2)c(Cl)c1. The van der Waals surface area contributed by atoms with E-state index < -0.39 is 6.09 Å². The molecule has 2 rings (SSSR count). The molecule has 20 heavy (non-hydrogen) atoms. The molecule has 0 fully saturated rings. The van der Waals surface area contributed by atoms with Gasteiger partial charge in [0.2, 0.25) is 0 Å². The summed E-state index contributed by atoms with van der Waals surface area (Å²) in [5.74, 6) is 0. The van der Waals surface area contributed by atoms with Crippen LogP contribution in [0.1, 0.15) is 13.8 Å². The molecule has 0 aliphatic heterocycles. The first-order valence-corrected chi connectivity index (χ1v) is 8.02. The van der Waals surface area contributed by atoms with E-state index in [4.69, 9.17) is 16.3 Å². The Morgan fingerprint density at radius 3 is 2.70 bits per heavy atom. The van der Waals surface area contributed by atoms with Crippen LogP contribution in [-0.2, 0) is 4.74 Å². The van der Waals surface area contributed by atoms with Gasteiger partial charge in [-0.15, -0.1) is 11.3 Å². The minimum atomic E-state index is -0.484. The fraction of sp³-hybridized carbons (Fsp3) is 0.214. The molecule has 0 spiro atoms. The fourth-order valence-corrected chi connectivity index (χ4v) is 3.42. The van der Waals surface area contributed by atoms with Crippen molar-refractivity contribution in [1.82, 2.24) is 0 Å². The minimum Gasteiger partial charge on any atom is -0.447 e. The lowest BCUT2D eigenvalue weighted by Crippen LogP contribution is -2.17. The maximum Gasteiger partial charge on any atom is 0.411 e. The predicted molar refractivity (Wildman–Crippen MR) is 87.7 cm³/mol. The molecule has 6 heteroatoms. The van der Waals surface area contributed by atoms with Crippen molar-refractivity contribution < 1.29 is 9.53 Å². The Kier molecular flexibility index (Phi) is 5.07. The smallest absolute Gasteiger partial charge is 0.411 e. The summed E-state index contributed by atoms with van der Waals surface area (Å²) in [4.78, 5) is 12.6. The third kappa shape index (κ3) is 3.98. The van der Waals surface area contributed by atoms with Gasteiger partial charge in [0.15, 0.2) is 0 Å². The fourth-order valence-electron chi connectivity index (χ4n) is 1.61. The van der Waals surface area contributed by atoms with E-state index >= 15 is 0 Å². The molecule has 0 atom stereocenters. The van der Waals surface area contributed by atoms with Crippen LogP contribution in [0.25, 0.3) is 10.4 Å². The average molecular weight is 375 g/mol. The molecular formula is C14H13BrClNO2S. The Balaban J connectivity index is 2.16. The number of carbonyl (C=O) groups excluding carboxylic acids is 1. The number of hydrogen-bond acceptors (Lipinski definition) is 3. The molecule has 0 aliphatic rings. The topological polar surface area (TPSA) is 38.3 Å². The molecule has 1 heterocycles. The van der Waals surface area contributed by atoms with Crippen LogP contribution in [0.5, 0.6) is 0 Å². The van der Waals surface area contributed by atoms with E-state index in [1.807, 2.05) is 17.5 Å². The first kappa shape index (κ1) is 15.4. The third-order valence-electron chi connectivity index (χ3n) is 2.39. The van der Waals surface area contributed by atoms with Gasteiger partial charge in [0, 0.05) is 26.0 Å². The first-order valence-electron chi connectivity index (χ1n) is 5.97. The highest BCUT2D eigenvalue weighted by Crippen LogP contribution is 2.35. The van der Waals surface area contributed by atoms with Crippen molar-refractivity contribution in [2.75, 3.05) is 5.32 Å². The predicted octanol–water partition coefficient (Wildman–Crippen LogP) is 5.79. The zero-order valence-corrected chi connectivity index (χ0v) is 14.1. The quantitative estimate of drug-likeness (QED) is 0.738. The summed E-state index contributed by atoms with van der Waals surface area (Å²) in [6, 6.07) is 7.40. The summed E-state index contributed by atoms with van der Waals surface area (Å²) in [6.45, 7) is 3.59. The summed E-state index contributed by atoms with van der Waals surface area (Å²) in [6.07, 6.45) is -0.643. The van der Waals surface area contributed by atoms with Crippen molar-refractivity contribution >= 4 is 50.6 Å². The van der Waals surface area contributed by atoms with Gasteiger partial charge >= 0.3 is 6.09 Å². The van der Waals surface area contributed by atoms with Crippen LogP contribution in [0.2, 0.25) is 5.02 Å². The molecule has 0 unspecified atom stereocenters. The van der Waals surface area contributed by atoms with E-state index in [9.17, 15) is 4.79 Å². The lowest BCUT2D eigenvalue weighted by molar-refractivity contribution is 0.130. The van der Waals surface area contributed by atoms with Gasteiger partial charge in [-0.3, -0.25) is 5.32 Å². The van der Waals surface area contributed by atoms with E-state index in [0.717, 1.165) is 14.9 Å². The average Bonchev–Trinajstić information content (AvgIpc) is 2.74. The Hall–Kier alpha value is -1.04. The van der Waals surface area contributed by atoms with E-state index in [1.54, 1.807) is 37.3 Å². The molecule has 1 N–H and O–H groups in total. The van der Waals surface area contributed by atoms with Gasteiger partial charge in [-0.2, -0.15) is 0 Å². The molecule has 1 aromatic heterocycles.